The zero-order chi connectivity index (χ0) is 10.6. The van der Waals surface area contributed by atoms with Gasteiger partial charge >= 0.3 is 0 Å². The Morgan fingerprint density at radius 3 is 2.71 bits per heavy atom. The van der Waals surface area contributed by atoms with Crippen LogP contribution in [0.3, 0.4) is 0 Å². The third-order valence-electron chi connectivity index (χ3n) is 1.83. The molecule has 0 aliphatic carbocycles. The minimum atomic E-state index is 0.157. The molecule has 0 amide bonds. The molecule has 0 bridgehead atoms. The molecule has 0 fully saturated rings. The number of rotatable bonds is 4. The Morgan fingerprint density at radius 1 is 1.43 bits per heavy atom. The molecule has 2 N–H and O–H groups in total. The van der Waals surface area contributed by atoms with Gasteiger partial charge < -0.3 is 10.5 Å². The van der Waals surface area contributed by atoms with Crippen LogP contribution in [0.5, 0.6) is 5.75 Å². The number of hydrogen-bond acceptors (Lipinski definition) is 2. The number of ether oxygens (including phenoxy) is 1. The van der Waals surface area contributed by atoms with E-state index in [-0.39, 0.29) is 6.10 Å². The van der Waals surface area contributed by atoms with E-state index >= 15 is 0 Å². The molecular weight excluding hydrogens is 198 g/mol. The van der Waals surface area contributed by atoms with Crippen molar-refractivity contribution in [3.63, 3.8) is 0 Å². The topological polar surface area (TPSA) is 35.2 Å². The van der Waals surface area contributed by atoms with E-state index in [1.54, 1.807) is 0 Å². The quantitative estimate of drug-likeness (QED) is 0.835. The fourth-order valence-electron chi connectivity index (χ4n) is 1.29. The lowest BCUT2D eigenvalue weighted by atomic mass is 10.1. The second-order valence-corrected chi connectivity index (χ2v) is 3.83. The highest BCUT2D eigenvalue weighted by atomic mass is 35.5. The molecule has 3 heteroatoms. The van der Waals surface area contributed by atoms with Crippen molar-refractivity contribution in [1.82, 2.24) is 0 Å². The van der Waals surface area contributed by atoms with Gasteiger partial charge in [0.15, 0.2) is 0 Å². The van der Waals surface area contributed by atoms with E-state index in [1.807, 2.05) is 32.0 Å². The highest BCUT2D eigenvalue weighted by Gasteiger charge is 2.08. The van der Waals surface area contributed by atoms with Crippen LogP contribution in [0.15, 0.2) is 18.2 Å². The first-order valence-corrected chi connectivity index (χ1v) is 5.17. The summed E-state index contributed by atoms with van der Waals surface area (Å²) in [6, 6.07) is 5.68. The first-order valence-electron chi connectivity index (χ1n) is 4.79. The molecule has 1 aromatic rings. The van der Waals surface area contributed by atoms with Crippen molar-refractivity contribution in [2.75, 3.05) is 6.54 Å². The molecule has 1 aromatic carbocycles. The fourth-order valence-corrected chi connectivity index (χ4v) is 1.55. The van der Waals surface area contributed by atoms with Crippen molar-refractivity contribution in [1.29, 1.82) is 0 Å². The Morgan fingerprint density at radius 2 is 2.14 bits per heavy atom. The molecule has 0 aliphatic heterocycles. The van der Waals surface area contributed by atoms with Crippen LogP contribution < -0.4 is 10.5 Å². The summed E-state index contributed by atoms with van der Waals surface area (Å²) in [6.45, 7) is 4.57. The van der Waals surface area contributed by atoms with Crippen molar-refractivity contribution < 1.29 is 4.74 Å². The van der Waals surface area contributed by atoms with Crippen LogP contribution in [0.2, 0.25) is 5.02 Å². The first-order chi connectivity index (χ1) is 6.65. The molecule has 0 radical (unpaired) electrons. The minimum Gasteiger partial charge on any atom is -0.491 e. The Balaban J connectivity index is 2.95. The molecule has 78 valence electrons. The summed E-state index contributed by atoms with van der Waals surface area (Å²) in [5, 5.41) is 0.730. The maximum absolute atomic E-state index is 6.06. The van der Waals surface area contributed by atoms with Gasteiger partial charge in [0.1, 0.15) is 5.75 Å². The van der Waals surface area contributed by atoms with Gasteiger partial charge in [0.25, 0.3) is 0 Å². The summed E-state index contributed by atoms with van der Waals surface area (Å²) in [4.78, 5) is 0. The van der Waals surface area contributed by atoms with Gasteiger partial charge in [-0.3, -0.25) is 0 Å². The van der Waals surface area contributed by atoms with E-state index in [9.17, 15) is 0 Å². The molecule has 0 aromatic heterocycles. The number of benzene rings is 1. The lowest BCUT2D eigenvalue weighted by Crippen LogP contribution is -2.10. The summed E-state index contributed by atoms with van der Waals surface area (Å²) >= 11 is 6.06. The first kappa shape index (κ1) is 11.3. The molecular formula is C11H16ClNO. The van der Waals surface area contributed by atoms with Gasteiger partial charge in [0.05, 0.1) is 6.10 Å². The number of nitrogens with two attached hydrogens (primary N) is 1. The highest BCUT2D eigenvalue weighted by molar-refractivity contribution is 6.31. The second-order valence-electron chi connectivity index (χ2n) is 3.42. The van der Waals surface area contributed by atoms with Crippen molar-refractivity contribution >= 4 is 11.6 Å². The van der Waals surface area contributed by atoms with E-state index in [1.165, 1.54) is 0 Å². The second kappa shape index (κ2) is 5.23. The van der Waals surface area contributed by atoms with Gasteiger partial charge in [-0.05, 0) is 38.9 Å². The molecule has 0 atom stereocenters. The van der Waals surface area contributed by atoms with Gasteiger partial charge in [-0.1, -0.05) is 17.7 Å². The van der Waals surface area contributed by atoms with Gasteiger partial charge in [-0.25, -0.2) is 0 Å². The maximum atomic E-state index is 6.06. The van der Waals surface area contributed by atoms with Gasteiger partial charge in [0.2, 0.25) is 0 Å². The van der Waals surface area contributed by atoms with Crippen molar-refractivity contribution in [2.45, 2.75) is 26.4 Å². The molecule has 0 saturated heterocycles. The summed E-state index contributed by atoms with van der Waals surface area (Å²) in [6.07, 6.45) is 0.909. The lowest BCUT2D eigenvalue weighted by Gasteiger charge is -2.14. The Bertz CT molecular complexity index is 299. The van der Waals surface area contributed by atoms with Crippen LogP contribution in [-0.4, -0.2) is 12.6 Å². The summed E-state index contributed by atoms with van der Waals surface area (Å²) in [7, 11) is 0. The largest absolute Gasteiger partial charge is 0.491 e. The smallest absolute Gasteiger partial charge is 0.124 e. The lowest BCUT2D eigenvalue weighted by molar-refractivity contribution is 0.240. The standard InChI is InChI=1S/C11H16ClNO/c1-8(2)14-11-5-3-4-10(12)9(11)6-7-13/h3-5,8H,6-7,13H2,1-2H3. The predicted octanol–water partition coefficient (Wildman–Crippen LogP) is 2.63. The molecule has 0 aliphatic rings. The van der Waals surface area contributed by atoms with Crippen LogP contribution >= 0.6 is 11.6 Å². The molecule has 0 unspecified atom stereocenters. The number of hydrogen-bond donors (Lipinski definition) is 1. The van der Waals surface area contributed by atoms with Crippen LogP contribution in [0.25, 0.3) is 0 Å². The normalized spacial score (nSPS) is 10.6. The summed E-state index contributed by atoms with van der Waals surface area (Å²) in [5.74, 6) is 0.845. The van der Waals surface area contributed by atoms with Crippen LogP contribution in [-0.2, 0) is 6.42 Å². The summed E-state index contributed by atoms with van der Waals surface area (Å²) < 4.78 is 5.64. The average Bonchev–Trinajstić information content (AvgIpc) is 2.10. The van der Waals surface area contributed by atoms with E-state index in [2.05, 4.69) is 0 Å². The zero-order valence-corrected chi connectivity index (χ0v) is 9.34. The third kappa shape index (κ3) is 2.89. The molecule has 0 spiro atoms. The van der Waals surface area contributed by atoms with Crippen LogP contribution in [0.1, 0.15) is 19.4 Å². The van der Waals surface area contributed by atoms with Crippen LogP contribution in [0.4, 0.5) is 0 Å². The van der Waals surface area contributed by atoms with Gasteiger partial charge in [0, 0.05) is 10.6 Å². The fraction of sp³-hybridized carbons (Fsp3) is 0.455. The maximum Gasteiger partial charge on any atom is 0.124 e. The molecule has 2 nitrogen and oxygen atoms in total. The van der Waals surface area contributed by atoms with Crippen molar-refractivity contribution in [2.24, 2.45) is 5.73 Å². The van der Waals surface area contributed by atoms with E-state index in [4.69, 9.17) is 22.1 Å². The zero-order valence-electron chi connectivity index (χ0n) is 8.59. The minimum absolute atomic E-state index is 0.157. The Hall–Kier alpha value is -0.730. The molecule has 14 heavy (non-hydrogen) atoms. The number of halogens is 1. The van der Waals surface area contributed by atoms with Gasteiger partial charge in [-0.2, -0.15) is 0 Å². The van der Waals surface area contributed by atoms with Gasteiger partial charge in [-0.15, -0.1) is 0 Å². The van der Waals surface area contributed by atoms with E-state index in [0.717, 1.165) is 22.8 Å². The Kier molecular flexibility index (Phi) is 4.23. The average molecular weight is 214 g/mol. The van der Waals surface area contributed by atoms with Crippen LogP contribution in [0, 0.1) is 0 Å². The molecule has 0 saturated carbocycles. The SMILES string of the molecule is CC(C)Oc1cccc(Cl)c1CCN. The van der Waals surface area contributed by atoms with Crippen molar-refractivity contribution in [3.05, 3.63) is 28.8 Å². The molecule has 1 rings (SSSR count). The predicted molar refractivity (Wildman–Crippen MR) is 60.0 cm³/mol. The monoisotopic (exact) mass is 213 g/mol. The highest BCUT2D eigenvalue weighted by Crippen LogP contribution is 2.27. The third-order valence-corrected chi connectivity index (χ3v) is 2.19. The van der Waals surface area contributed by atoms with E-state index < -0.39 is 0 Å². The molecule has 0 heterocycles. The summed E-state index contributed by atoms with van der Waals surface area (Å²) in [5.41, 5.74) is 6.52. The van der Waals surface area contributed by atoms with Crippen molar-refractivity contribution in [3.8, 4) is 5.75 Å². The van der Waals surface area contributed by atoms with E-state index in [0.29, 0.717) is 6.54 Å². The Labute approximate surface area is 90.0 Å².